The number of amides is 2. The van der Waals surface area contributed by atoms with E-state index in [1.54, 1.807) is 6.07 Å². The largest absolute Gasteiger partial charge is 0.454 e. The van der Waals surface area contributed by atoms with Gasteiger partial charge in [0, 0.05) is 18.1 Å². The first-order chi connectivity index (χ1) is 8.22. The fraction of sp³-hybridized carbons (Fsp3) is 0.167. The van der Waals surface area contributed by atoms with Gasteiger partial charge in [-0.05, 0) is 17.7 Å². The normalized spacial score (nSPS) is 17.1. The van der Waals surface area contributed by atoms with E-state index in [1.165, 1.54) is 6.08 Å². The molecule has 2 aliphatic heterocycles. The Morgan fingerprint density at radius 2 is 2.00 bits per heavy atom. The number of imide groups is 1. The Labute approximate surface area is 97.0 Å². The fourth-order valence-corrected chi connectivity index (χ4v) is 1.85. The Hall–Kier alpha value is -2.30. The van der Waals surface area contributed by atoms with E-state index in [2.05, 4.69) is 5.32 Å². The lowest BCUT2D eigenvalue weighted by atomic mass is 10.1. The molecular weight excluding hydrogens is 222 g/mol. The highest BCUT2D eigenvalue weighted by atomic mass is 16.7. The zero-order valence-corrected chi connectivity index (χ0v) is 8.86. The summed E-state index contributed by atoms with van der Waals surface area (Å²) in [5.41, 5.74) is 1.37. The Morgan fingerprint density at radius 1 is 1.18 bits per heavy atom. The van der Waals surface area contributed by atoms with Crippen LogP contribution >= 0.6 is 0 Å². The third kappa shape index (κ3) is 1.75. The maximum atomic E-state index is 11.4. The van der Waals surface area contributed by atoms with Gasteiger partial charge in [-0.15, -0.1) is 0 Å². The number of nitrogens with one attached hydrogen (secondary N) is 1. The van der Waals surface area contributed by atoms with Crippen molar-refractivity contribution in [2.75, 3.05) is 6.79 Å². The first kappa shape index (κ1) is 9.89. The number of ether oxygens (including phenoxy) is 2. The fourth-order valence-electron chi connectivity index (χ4n) is 1.85. The minimum atomic E-state index is -0.356. The molecule has 1 N–H and O–H groups in total. The summed E-state index contributed by atoms with van der Waals surface area (Å²) in [5, 5.41) is 2.21. The lowest BCUT2D eigenvalue weighted by Crippen LogP contribution is -2.22. The standard InChI is InChI=1S/C12H9NO4/c14-11-5-8(12(15)13-11)3-7-1-2-9-10(4-7)17-6-16-9/h1-2,4-5H,3,6H2,(H,13,14,15). The second kappa shape index (κ2) is 3.62. The number of carbonyl (C=O) groups is 2. The molecule has 0 fully saturated rings. The monoisotopic (exact) mass is 231 g/mol. The number of hydrogen-bond acceptors (Lipinski definition) is 4. The van der Waals surface area contributed by atoms with Crippen LogP contribution in [0.1, 0.15) is 5.56 Å². The molecule has 1 aromatic carbocycles. The summed E-state index contributed by atoms with van der Waals surface area (Å²) in [4.78, 5) is 22.4. The van der Waals surface area contributed by atoms with E-state index in [0.29, 0.717) is 23.5 Å². The van der Waals surface area contributed by atoms with Crippen molar-refractivity contribution in [3.63, 3.8) is 0 Å². The number of fused-ring (bicyclic) bond motifs is 1. The summed E-state index contributed by atoms with van der Waals surface area (Å²) in [7, 11) is 0. The summed E-state index contributed by atoms with van der Waals surface area (Å²) in [6.07, 6.45) is 1.74. The van der Waals surface area contributed by atoms with Gasteiger partial charge in [-0.2, -0.15) is 0 Å². The van der Waals surface area contributed by atoms with Gasteiger partial charge in [0.1, 0.15) is 0 Å². The average molecular weight is 231 g/mol. The van der Waals surface area contributed by atoms with E-state index in [0.717, 1.165) is 5.56 Å². The summed E-state index contributed by atoms with van der Waals surface area (Å²) < 4.78 is 10.4. The third-order valence-corrected chi connectivity index (χ3v) is 2.67. The molecule has 0 aromatic heterocycles. The van der Waals surface area contributed by atoms with E-state index in [9.17, 15) is 9.59 Å². The Bertz CT molecular complexity index is 547. The lowest BCUT2D eigenvalue weighted by Gasteiger charge is -2.02. The summed E-state index contributed by atoms with van der Waals surface area (Å²) >= 11 is 0. The molecule has 0 atom stereocenters. The van der Waals surface area contributed by atoms with E-state index in [-0.39, 0.29) is 18.6 Å². The van der Waals surface area contributed by atoms with Crippen LogP contribution in [0, 0.1) is 0 Å². The van der Waals surface area contributed by atoms with E-state index < -0.39 is 0 Å². The molecule has 0 radical (unpaired) electrons. The van der Waals surface area contributed by atoms with Gasteiger partial charge in [0.15, 0.2) is 11.5 Å². The Morgan fingerprint density at radius 3 is 2.76 bits per heavy atom. The van der Waals surface area contributed by atoms with Crippen molar-refractivity contribution < 1.29 is 19.1 Å². The highest BCUT2D eigenvalue weighted by Crippen LogP contribution is 2.33. The zero-order chi connectivity index (χ0) is 11.8. The highest BCUT2D eigenvalue weighted by Gasteiger charge is 2.21. The lowest BCUT2D eigenvalue weighted by molar-refractivity contribution is -0.123. The van der Waals surface area contributed by atoms with Crippen molar-refractivity contribution >= 4 is 11.8 Å². The molecule has 0 unspecified atom stereocenters. The number of benzene rings is 1. The van der Waals surface area contributed by atoms with Crippen LogP contribution in [-0.4, -0.2) is 18.6 Å². The molecule has 0 aliphatic carbocycles. The van der Waals surface area contributed by atoms with Gasteiger partial charge in [0.2, 0.25) is 6.79 Å². The maximum absolute atomic E-state index is 11.4. The smallest absolute Gasteiger partial charge is 0.254 e. The summed E-state index contributed by atoms with van der Waals surface area (Å²) in [6.45, 7) is 0.223. The molecule has 86 valence electrons. The van der Waals surface area contributed by atoms with E-state index in [1.807, 2.05) is 12.1 Å². The number of carbonyl (C=O) groups excluding carboxylic acids is 2. The molecule has 2 aliphatic rings. The predicted octanol–water partition coefficient (Wildman–Crippen LogP) is 0.541. The molecule has 5 heteroatoms. The average Bonchev–Trinajstić information content (AvgIpc) is 2.85. The van der Waals surface area contributed by atoms with Crippen LogP contribution in [0.5, 0.6) is 11.5 Å². The summed E-state index contributed by atoms with van der Waals surface area (Å²) in [6, 6.07) is 5.47. The quantitative estimate of drug-likeness (QED) is 0.754. The number of hydrogen-bond donors (Lipinski definition) is 1. The van der Waals surface area contributed by atoms with Gasteiger partial charge in [0.25, 0.3) is 11.8 Å². The third-order valence-electron chi connectivity index (χ3n) is 2.67. The SMILES string of the molecule is O=C1C=C(Cc2ccc3c(c2)OCO3)C(=O)N1. The van der Waals surface area contributed by atoms with Gasteiger partial charge >= 0.3 is 0 Å². The van der Waals surface area contributed by atoms with Crippen molar-refractivity contribution in [2.45, 2.75) is 6.42 Å². The minimum absolute atomic E-state index is 0.223. The molecule has 2 heterocycles. The van der Waals surface area contributed by atoms with Gasteiger partial charge in [-0.25, -0.2) is 0 Å². The summed E-state index contributed by atoms with van der Waals surface area (Å²) in [5.74, 6) is 0.695. The van der Waals surface area contributed by atoms with Gasteiger partial charge in [-0.1, -0.05) is 6.07 Å². The zero-order valence-electron chi connectivity index (χ0n) is 8.86. The van der Waals surface area contributed by atoms with Crippen LogP contribution in [0.3, 0.4) is 0 Å². The molecule has 0 spiro atoms. The van der Waals surface area contributed by atoms with E-state index in [4.69, 9.17) is 9.47 Å². The van der Waals surface area contributed by atoms with Crippen molar-refractivity contribution in [3.05, 3.63) is 35.4 Å². The van der Waals surface area contributed by atoms with Crippen molar-refractivity contribution in [1.82, 2.24) is 5.32 Å². The maximum Gasteiger partial charge on any atom is 0.254 e. The van der Waals surface area contributed by atoms with Crippen LogP contribution in [0.4, 0.5) is 0 Å². The molecule has 1 aromatic rings. The Kier molecular flexibility index (Phi) is 2.11. The van der Waals surface area contributed by atoms with E-state index >= 15 is 0 Å². The van der Waals surface area contributed by atoms with Crippen LogP contribution in [0.25, 0.3) is 0 Å². The second-order valence-corrected chi connectivity index (χ2v) is 3.85. The molecular formula is C12H9NO4. The number of rotatable bonds is 2. The predicted molar refractivity (Wildman–Crippen MR) is 57.5 cm³/mol. The van der Waals surface area contributed by atoms with Crippen molar-refractivity contribution in [1.29, 1.82) is 0 Å². The first-order valence-electron chi connectivity index (χ1n) is 5.17. The Balaban J connectivity index is 1.84. The van der Waals surface area contributed by atoms with Gasteiger partial charge in [-0.3, -0.25) is 14.9 Å². The first-order valence-corrected chi connectivity index (χ1v) is 5.17. The van der Waals surface area contributed by atoms with Crippen LogP contribution < -0.4 is 14.8 Å². The molecule has 3 rings (SSSR count). The molecule has 0 bridgehead atoms. The second-order valence-electron chi connectivity index (χ2n) is 3.85. The van der Waals surface area contributed by atoms with Gasteiger partial charge < -0.3 is 9.47 Å². The van der Waals surface area contributed by atoms with Crippen LogP contribution in [-0.2, 0) is 16.0 Å². The molecule has 2 amide bonds. The minimum Gasteiger partial charge on any atom is -0.454 e. The van der Waals surface area contributed by atoms with Crippen LogP contribution in [0.15, 0.2) is 29.8 Å². The van der Waals surface area contributed by atoms with Gasteiger partial charge in [0.05, 0.1) is 0 Å². The molecule has 17 heavy (non-hydrogen) atoms. The molecule has 5 nitrogen and oxygen atoms in total. The van der Waals surface area contributed by atoms with Crippen molar-refractivity contribution in [2.24, 2.45) is 0 Å². The van der Waals surface area contributed by atoms with Crippen LogP contribution in [0.2, 0.25) is 0 Å². The van der Waals surface area contributed by atoms with Crippen molar-refractivity contribution in [3.8, 4) is 11.5 Å². The highest BCUT2D eigenvalue weighted by molar-refractivity contribution is 6.16. The molecule has 0 saturated carbocycles. The topological polar surface area (TPSA) is 64.6 Å². The molecule has 0 saturated heterocycles.